The topological polar surface area (TPSA) is 26.3 Å². The number of halogens is 2. The van der Waals surface area contributed by atoms with Gasteiger partial charge in [0.2, 0.25) is 0 Å². The van der Waals surface area contributed by atoms with Gasteiger partial charge in [-0.1, -0.05) is 59.6 Å². The van der Waals surface area contributed by atoms with Gasteiger partial charge in [0.25, 0.3) is 0 Å². The molecule has 0 heterocycles. The zero-order valence-corrected chi connectivity index (χ0v) is 13.0. The second-order valence-corrected chi connectivity index (χ2v) is 5.12. The average Bonchev–Trinajstić information content (AvgIpc) is 2.49. The molecular formula is C17H14Cl2O2. The Hall–Kier alpha value is -1.77. The van der Waals surface area contributed by atoms with E-state index in [2.05, 4.69) is 0 Å². The summed E-state index contributed by atoms with van der Waals surface area (Å²) in [6.45, 7) is 2.10. The molecule has 0 saturated carbocycles. The molecule has 0 amide bonds. The molecule has 2 aromatic carbocycles. The van der Waals surface area contributed by atoms with Crippen LogP contribution in [0.5, 0.6) is 0 Å². The normalized spacial score (nSPS) is 11.3. The molecule has 0 aliphatic rings. The molecular weight excluding hydrogens is 307 g/mol. The minimum absolute atomic E-state index is 0.332. The molecule has 2 nitrogen and oxygen atoms in total. The predicted octanol–water partition coefficient (Wildman–Crippen LogP) is 4.99. The van der Waals surface area contributed by atoms with Crippen LogP contribution in [0.2, 0.25) is 10.0 Å². The molecule has 108 valence electrons. The fourth-order valence-electron chi connectivity index (χ4n) is 1.92. The van der Waals surface area contributed by atoms with Crippen LogP contribution in [0.15, 0.2) is 54.6 Å². The van der Waals surface area contributed by atoms with Crippen molar-refractivity contribution in [3.8, 4) is 0 Å². The van der Waals surface area contributed by atoms with Crippen LogP contribution in [0.1, 0.15) is 18.1 Å². The van der Waals surface area contributed by atoms with Crippen LogP contribution in [0.4, 0.5) is 0 Å². The summed E-state index contributed by atoms with van der Waals surface area (Å²) < 4.78 is 4.99. The Morgan fingerprint density at radius 3 is 2.38 bits per heavy atom. The Kier molecular flexibility index (Phi) is 5.43. The molecule has 0 radical (unpaired) electrons. The number of rotatable bonds is 4. The van der Waals surface area contributed by atoms with Crippen LogP contribution >= 0.6 is 23.2 Å². The fourth-order valence-corrected chi connectivity index (χ4v) is 2.21. The van der Waals surface area contributed by atoms with E-state index >= 15 is 0 Å². The summed E-state index contributed by atoms with van der Waals surface area (Å²) in [5, 5.41) is 0.920. The Balaban J connectivity index is 2.50. The van der Waals surface area contributed by atoms with Crippen LogP contribution in [0.3, 0.4) is 0 Å². The molecule has 0 spiro atoms. The maximum Gasteiger partial charge on any atom is 0.331 e. The molecule has 0 saturated heterocycles. The third-order valence-electron chi connectivity index (χ3n) is 2.86. The van der Waals surface area contributed by atoms with E-state index < -0.39 is 0 Å². The van der Waals surface area contributed by atoms with Crippen molar-refractivity contribution in [2.24, 2.45) is 0 Å². The summed E-state index contributed by atoms with van der Waals surface area (Å²) in [4.78, 5) is 11.8. The van der Waals surface area contributed by atoms with Crippen molar-refractivity contribution >= 4 is 34.7 Å². The van der Waals surface area contributed by atoms with Gasteiger partial charge in [-0.25, -0.2) is 4.79 Å². The number of hydrogen-bond acceptors (Lipinski definition) is 2. The maximum atomic E-state index is 11.8. The molecule has 0 N–H and O–H groups in total. The largest absolute Gasteiger partial charge is 0.463 e. The lowest BCUT2D eigenvalue weighted by Gasteiger charge is -2.09. The highest BCUT2D eigenvalue weighted by Crippen LogP contribution is 2.29. The second-order valence-electron chi connectivity index (χ2n) is 4.30. The van der Waals surface area contributed by atoms with Gasteiger partial charge in [-0.05, 0) is 35.8 Å². The lowest BCUT2D eigenvalue weighted by atomic mass is 9.97. The fraction of sp³-hybridized carbons (Fsp3) is 0.118. The number of hydrogen-bond donors (Lipinski definition) is 0. The van der Waals surface area contributed by atoms with E-state index in [1.54, 1.807) is 19.1 Å². The summed E-state index contributed by atoms with van der Waals surface area (Å²) in [6.07, 6.45) is 1.47. The molecule has 2 aromatic rings. The molecule has 4 heteroatoms. The van der Waals surface area contributed by atoms with Gasteiger partial charge in [0, 0.05) is 6.08 Å². The molecule has 0 unspecified atom stereocenters. The third kappa shape index (κ3) is 4.10. The lowest BCUT2D eigenvalue weighted by molar-refractivity contribution is -0.137. The van der Waals surface area contributed by atoms with E-state index in [0.717, 1.165) is 16.7 Å². The van der Waals surface area contributed by atoms with Gasteiger partial charge >= 0.3 is 5.97 Å². The van der Waals surface area contributed by atoms with Crippen molar-refractivity contribution in [3.05, 3.63) is 75.8 Å². The number of carbonyl (C=O) groups is 1. The molecule has 21 heavy (non-hydrogen) atoms. The van der Waals surface area contributed by atoms with Crippen molar-refractivity contribution < 1.29 is 9.53 Å². The zero-order chi connectivity index (χ0) is 15.2. The van der Waals surface area contributed by atoms with Gasteiger partial charge in [-0.2, -0.15) is 0 Å². The SMILES string of the molecule is CCOC(=O)C=C(c1ccccc1)c1ccc(Cl)c(Cl)c1. The van der Waals surface area contributed by atoms with Crippen molar-refractivity contribution in [1.29, 1.82) is 0 Å². The summed E-state index contributed by atoms with van der Waals surface area (Å²) in [5.41, 5.74) is 2.46. The van der Waals surface area contributed by atoms with Gasteiger partial charge < -0.3 is 4.74 Å². The quantitative estimate of drug-likeness (QED) is 0.586. The number of esters is 1. The Bertz CT molecular complexity index is 664. The van der Waals surface area contributed by atoms with E-state index in [1.165, 1.54) is 6.08 Å². The smallest absolute Gasteiger partial charge is 0.331 e. The first-order chi connectivity index (χ1) is 10.1. The highest BCUT2D eigenvalue weighted by molar-refractivity contribution is 6.42. The zero-order valence-electron chi connectivity index (χ0n) is 11.5. The summed E-state index contributed by atoms with van der Waals surface area (Å²) in [6, 6.07) is 14.9. The molecule has 0 atom stereocenters. The highest BCUT2D eigenvalue weighted by Gasteiger charge is 2.10. The van der Waals surface area contributed by atoms with Gasteiger partial charge in [0.1, 0.15) is 0 Å². The average molecular weight is 321 g/mol. The van der Waals surface area contributed by atoms with Gasteiger partial charge in [0.05, 0.1) is 16.7 Å². The Morgan fingerprint density at radius 2 is 1.76 bits per heavy atom. The van der Waals surface area contributed by atoms with Crippen molar-refractivity contribution in [2.45, 2.75) is 6.92 Å². The first kappa shape index (κ1) is 15.6. The minimum atomic E-state index is -0.387. The van der Waals surface area contributed by atoms with E-state index in [-0.39, 0.29) is 5.97 Å². The van der Waals surface area contributed by atoms with E-state index in [0.29, 0.717) is 16.7 Å². The molecule has 2 rings (SSSR count). The summed E-state index contributed by atoms with van der Waals surface area (Å²) in [5.74, 6) is -0.387. The maximum absolute atomic E-state index is 11.8. The van der Waals surface area contributed by atoms with Gasteiger partial charge in [-0.3, -0.25) is 0 Å². The molecule has 0 aliphatic heterocycles. The van der Waals surface area contributed by atoms with Crippen LogP contribution in [-0.2, 0) is 9.53 Å². The minimum Gasteiger partial charge on any atom is -0.463 e. The molecule has 0 fully saturated rings. The Labute approximate surface area is 134 Å². The van der Waals surface area contributed by atoms with Crippen LogP contribution in [0, 0.1) is 0 Å². The van der Waals surface area contributed by atoms with Crippen molar-refractivity contribution in [2.75, 3.05) is 6.61 Å². The molecule has 0 aliphatic carbocycles. The second kappa shape index (κ2) is 7.30. The highest BCUT2D eigenvalue weighted by atomic mass is 35.5. The number of carbonyl (C=O) groups excluding carboxylic acids is 1. The van der Waals surface area contributed by atoms with Crippen molar-refractivity contribution in [1.82, 2.24) is 0 Å². The first-order valence-corrected chi connectivity index (χ1v) is 7.26. The standard InChI is InChI=1S/C17H14Cl2O2/c1-2-21-17(20)11-14(12-6-4-3-5-7-12)13-8-9-15(18)16(19)10-13/h3-11H,2H2,1H3. The molecule has 0 bridgehead atoms. The first-order valence-electron chi connectivity index (χ1n) is 6.51. The number of ether oxygens (including phenoxy) is 1. The van der Waals surface area contributed by atoms with Crippen LogP contribution in [0.25, 0.3) is 5.57 Å². The molecule has 0 aromatic heterocycles. The third-order valence-corrected chi connectivity index (χ3v) is 3.60. The van der Waals surface area contributed by atoms with Crippen LogP contribution < -0.4 is 0 Å². The van der Waals surface area contributed by atoms with Crippen LogP contribution in [-0.4, -0.2) is 12.6 Å². The van der Waals surface area contributed by atoms with E-state index in [4.69, 9.17) is 27.9 Å². The number of benzene rings is 2. The lowest BCUT2D eigenvalue weighted by Crippen LogP contribution is -2.01. The van der Waals surface area contributed by atoms with Gasteiger partial charge in [-0.15, -0.1) is 0 Å². The summed E-state index contributed by atoms with van der Waals surface area (Å²) >= 11 is 12.0. The van der Waals surface area contributed by atoms with Gasteiger partial charge in [0.15, 0.2) is 0 Å². The Morgan fingerprint density at radius 1 is 1.05 bits per heavy atom. The summed E-state index contributed by atoms with van der Waals surface area (Å²) in [7, 11) is 0. The van der Waals surface area contributed by atoms with E-state index in [1.807, 2.05) is 36.4 Å². The monoisotopic (exact) mass is 320 g/mol. The predicted molar refractivity (Wildman–Crippen MR) is 86.6 cm³/mol. The van der Waals surface area contributed by atoms with Crippen molar-refractivity contribution in [3.63, 3.8) is 0 Å². The van der Waals surface area contributed by atoms with E-state index in [9.17, 15) is 4.79 Å².